The summed E-state index contributed by atoms with van der Waals surface area (Å²) in [5.74, 6) is -0.0686. The highest BCUT2D eigenvalue weighted by atomic mass is 35.5. The summed E-state index contributed by atoms with van der Waals surface area (Å²) in [6.45, 7) is 1.80. The highest BCUT2D eigenvalue weighted by molar-refractivity contribution is 8.00. The van der Waals surface area contributed by atoms with Crippen LogP contribution in [0.1, 0.15) is 24.9 Å². The van der Waals surface area contributed by atoms with Crippen LogP contribution in [0.2, 0.25) is 0 Å². The van der Waals surface area contributed by atoms with Gasteiger partial charge in [0.1, 0.15) is 5.75 Å². The van der Waals surface area contributed by atoms with Crippen molar-refractivity contribution in [2.45, 2.75) is 29.8 Å². The first-order valence-electron chi connectivity index (χ1n) is 4.67. The summed E-state index contributed by atoms with van der Waals surface area (Å²) < 4.78 is 36.4. The number of phenols is 1. The molecular weight excluding hydrogens is 275 g/mol. The lowest BCUT2D eigenvalue weighted by Gasteiger charge is -2.13. The zero-order valence-corrected chi connectivity index (χ0v) is 10.6. The summed E-state index contributed by atoms with van der Waals surface area (Å²) in [6.07, 6.45) is 0.549. The predicted octanol–water partition coefficient (Wildman–Crippen LogP) is 3.84. The molecule has 1 rings (SSSR count). The number of nitrogens with two attached hydrogens (primary N) is 1. The van der Waals surface area contributed by atoms with Gasteiger partial charge < -0.3 is 10.8 Å². The average molecular weight is 288 g/mol. The molecule has 0 saturated carbocycles. The van der Waals surface area contributed by atoms with Gasteiger partial charge in [0.25, 0.3) is 0 Å². The van der Waals surface area contributed by atoms with Crippen LogP contribution in [0.15, 0.2) is 23.1 Å². The molecule has 0 heterocycles. The first-order valence-corrected chi connectivity index (χ1v) is 5.49. The maximum atomic E-state index is 12.1. The molecule has 0 unspecified atom stereocenters. The molecule has 0 fully saturated rings. The highest BCUT2D eigenvalue weighted by Crippen LogP contribution is 2.39. The van der Waals surface area contributed by atoms with Crippen LogP contribution in [0.3, 0.4) is 0 Å². The van der Waals surface area contributed by atoms with Crippen molar-refractivity contribution in [3.8, 4) is 5.75 Å². The van der Waals surface area contributed by atoms with Crippen molar-refractivity contribution in [2.75, 3.05) is 0 Å². The van der Waals surface area contributed by atoms with Crippen LogP contribution in [0, 0.1) is 0 Å². The summed E-state index contributed by atoms with van der Waals surface area (Å²) in [6, 6.07) is 3.29. The quantitative estimate of drug-likeness (QED) is 0.831. The van der Waals surface area contributed by atoms with E-state index in [1.807, 2.05) is 0 Å². The molecule has 0 aliphatic heterocycles. The molecule has 0 saturated heterocycles. The molecule has 0 aliphatic carbocycles. The summed E-state index contributed by atoms with van der Waals surface area (Å²) in [4.78, 5) is 0.0317. The minimum Gasteiger partial charge on any atom is -0.508 e. The van der Waals surface area contributed by atoms with E-state index in [2.05, 4.69) is 0 Å². The van der Waals surface area contributed by atoms with Gasteiger partial charge >= 0.3 is 5.51 Å². The minimum atomic E-state index is -4.33. The van der Waals surface area contributed by atoms with Crippen molar-refractivity contribution in [1.82, 2.24) is 0 Å². The molecule has 1 aromatic carbocycles. The minimum absolute atomic E-state index is 0. The van der Waals surface area contributed by atoms with E-state index >= 15 is 0 Å². The fraction of sp³-hybridized carbons (Fsp3) is 0.400. The van der Waals surface area contributed by atoms with Gasteiger partial charge in [-0.05, 0) is 36.4 Å². The van der Waals surface area contributed by atoms with E-state index in [1.165, 1.54) is 18.2 Å². The second-order valence-corrected chi connectivity index (χ2v) is 4.42. The van der Waals surface area contributed by atoms with Gasteiger partial charge in [0.2, 0.25) is 0 Å². The molecule has 3 N–H and O–H groups in total. The molecule has 2 nitrogen and oxygen atoms in total. The second-order valence-electron chi connectivity index (χ2n) is 3.28. The molecule has 0 radical (unpaired) electrons. The number of thioether (sulfide) groups is 1. The Morgan fingerprint density at radius 3 is 2.47 bits per heavy atom. The molecule has 98 valence electrons. The third-order valence-electron chi connectivity index (χ3n) is 2.07. The maximum Gasteiger partial charge on any atom is 0.446 e. The second kappa shape index (κ2) is 6.37. The van der Waals surface area contributed by atoms with Crippen LogP contribution in [-0.4, -0.2) is 10.6 Å². The van der Waals surface area contributed by atoms with Gasteiger partial charge in [-0.1, -0.05) is 6.92 Å². The van der Waals surface area contributed by atoms with Crippen molar-refractivity contribution in [1.29, 1.82) is 0 Å². The Balaban J connectivity index is 0.00000256. The first-order chi connectivity index (χ1) is 7.33. The van der Waals surface area contributed by atoms with Crippen molar-refractivity contribution < 1.29 is 18.3 Å². The van der Waals surface area contributed by atoms with Gasteiger partial charge in [0.05, 0.1) is 0 Å². The van der Waals surface area contributed by atoms with Crippen LogP contribution >= 0.6 is 24.2 Å². The largest absolute Gasteiger partial charge is 0.508 e. The van der Waals surface area contributed by atoms with E-state index < -0.39 is 11.6 Å². The molecule has 0 aliphatic rings. The number of hydrogen-bond donors (Lipinski definition) is 2. The Hall–Kier alpha value is -0.590. The number of alkyl halides is 3. The number of hydrogen-bond acceptors (Lipinski definition) is 3. The van der Waals surface area contributed by atoms with E-state index in [9.17, 15) is 18.3 Å². The summed E-state index contributed by atoms with van der Waals surface area (Å²) in [5.41, 5.74) is 1.69. The van der Waals surface area contributed by atoms with E-state index in [4.69, 9.17) is 5.73 Å². The van der Waals surface area contributed by atoms with Crippen molar-refractivity contribution in [3.05, 3.63) is 23.8 Å². The molecule has 0 aromatic heterocycles. The molecule has 7 heteroatoms. The zero-order chi connectivity index (χ0) is 12.3. The molecule has 17 heavy (non-hydrogen) atoms. The molecule has 0 amide bonds. The molecule has 1 atom stereocenters. The van der Waals surface area contributed by atoms with Gasteiger partial charge in [-0.3, -0.25) is 0 Å². The highest BCUT2D eigenvalue weighted by Gasteiger charge is 2.29. The maximum absolute atomic E-state index is 12.1. The number of benzene rings is 1. The van der Waals surface area contributed by atoms with E-state index in [-0.39, 0.29) is 34.8 Å². The Kier molecular flexibility index (Phi) is 6.15. The van der Waals surface area contributed by atoms with Gasteiger partial charge in [0.15, 0.2) is 0 Å². The number of phenolic OH excluding ortho intramolecular Hbond substituents is 1. The number of aromatic hydroxyl groups is 1. The molecule has 0 spiro atoms. The normalized spacial score (nSPS) is 13.0. The lowest BCUT2D eigenvalue weighted by atomic mass is 10.0. The topological polar surface area (TPSA) is 46.2 Å². The van der Waals surface area contributed by atoms with E-state index in [0.717, 1.165) is 0 Å². The Bertz CT molecular complexity index is 373. The van der Waals surface area contributed by atoms with Gasteiger partial charge in [-0.15, -0.1) is 12.4 Å². The predicted molar refractivity (Wildman–Crippen MR) is 64.5 cm³/mol. The third kappa shape index (κ3) is 5.06. The molecular formula is C10H13ClF3NOS. The summed E-state index contributed by atoms with van der Waals surface area (Å²) >= 11 is -0.215. The lowest BCUT2D eigenvalue weighted by molar-refractivity contribution is -0.0328. The Labute approximate surface area is 108 Å². The third-order valence-corrected chi connectivity index (χ3v) is 2.79. The van der Waals surface area contributed by atoms with E-state index in [1.54, 1.807) is 6.92 Å². The van der Waals surface area contributed by atoms with Crippen molar-refractivity contribution >= 4 is 24.2 Å². The Morgan fingerprint density at radius 2 is 2.00 bits per heavy atom. The van der Waals surface area contributed by atoms with Gasteiger partial charge in [-0.25, -0.2) is 0 Å². The molecule has 1 aromatic rings. The number of rotatable bonds is 3. The number of halogens is 4. The standard InChI is InChI=1S/C10H12F3NOS.ClH/c1-2-8(14)7-5-6(3-4-9(7)15)16-10(11,12)13;/h3-5,8,15H,2,14H2,1H3;1H/t8-;/m1./s1. The van der Waals surface area contributed by atoms with Crippen LogP contribution in [0.4, 0.5) is 13.2 Å². The summed E-state index contributed by atoms with van der Waals surface area (Å²) in [7, 11) is 0. The van der Waals surface area contributed by atoms with Gasteiger partial charge in [0, 0.05) is 16.5 Å². The summed E-state index contributed by atoms with van der Waals surface area (Å²) in [5, 5.41) is 9.46. The first kappa shape index (κ1) is 16.4. The smallest absolute Gasteiger partial charge is 0.446 e. The zero-order valence-electron chi connectivity index (χ0n) is 8.99. The van der Waals surface area contributed by atoms with Crippen LogP contribution in [0.25, 0.3) is 0 Å². The fourth-order valence-corrected chi connectivity index (χ4v) is 1.84. The van der Waals surface area contributed by atoms with Crippen LogP contribution < -0.4 is 5.73 Å². The van der Waals surface area contributed by atoms with Crippen molar-refractivity contribution in [2.24, 2.45) is 5.73 Å². The van der Waals surface area contributed by atoms with Crippen molar-refractivity contribution in [3.63, 3.8) is 0 Å². The fourth-order valence-electron chi connectivity index (χ4n) is 1.25. The average Bonchev–Trinajstić information content (AvgIpc) is 2.18. The van der Waals surface area contributed by atoms with Crippen LogP contribution in [0.5, 0.6) is 5.75 Å². The van der Waals surface area contributed by atoms with E-state index in [0.29, 0.717) is 12.0 Å². The monoisotopic (exact) mass is 287 g/mol. The molecule has 0 bridgehead atoms. The lowest BCUT2D eigenvalue weighted by Crippen LogP contribution is -2.09. The van der Waals surface area contributed by atoms with Crippen LogP contribution in [-0.2, 0) is 0 Å². The van der Waals surface area contributed by atoms with Gasteiger partial charge in [-0.2, -0.15) is 13.2 Å². The SMILES string of the molecule is CC[C@@H](N)c1cc(SC(F)(F)F)ccc1O.Cl. The Morgan fingerprint density at radius 1 is 1.41 bits per heavy atom.